The smallest absolute Gasteiger partial charge is 0.0377 e. The summed E-state index contributed by atoms with van der Waals surface area (Å²) in [7, 11) is 0. The van der Waals surface area contributed by atoms with E-state index in [0.29, 0.717) is 0 Å². The third-order valence-electron chi connectivity index (χ3n) is 5.23. The Labute approximate surface area is 160 Å². The second-order valence-corrected chi connectivity index (χ2v) is 8.25. The Bertz CT molecular complexity index is 560. The molecule has 26 heavy (non-hydrogen) atoms. The molecule has 0 heterocycles. The van der Waals surface area contributed by atoms with Gasteiger partial charge in [-0.15, -0.1) is 0 Å². The predicted octanol–water partition coefficient (Wildman–Crippen LogP) is 5.60. The summed E-state index contributed by atoms with van der Waals surface area (Å²) >= 11 is 0. The number of nitrogens with one attached hydrogen (secondary N) is 2. The van der Waals surface area contributed by atoms with Gasteiger partial charge in [0, 0.05) is 11.1 Å². The molecule has 0 aromatic heterocycles. The normalized spacial score (nSPS) is 12.3. The molecule has 2 N–H and O–H groups in total. The van der Waals surface area contributed by atoms with E-state index in [2.05, 4.69) is 99.0 Å². The standard InChI is InChI=1S/C24H36N2/c1-23(2,21-15-9-7-10-16-21)25-19-13-5-6-14-20-26-24(3,4)22-17-11-8-12-18-22/h7-12,15-18,25-26H,5-6,13-14,19-20H2,1-4H3. The van der Waals surface area contributed by atoms with E-state index >= 15 is 0 Å². The van der Waals surface area contributed by atoms with Gasteiger partial charge >= 0.3 is 0 Å². The maximum Gasteiger partial charge on any atom is 0.0377 e. The maximum absolute atomic E-state index is 3.70. The molecule has 142 valence electrons. The van der Waals surface area contributed by atoms with Crippen LogP contribution in [-0.4, -0.2) is 13.1 Å². The van der Waals surface area contributed by atoms with Crippen LogP contribution in [-0.2, 0) is 11.1 Å². The average Bonchev–Trinajstić information content (AvgIpc) is 2.65. The zero-order chi connectivity index (χ0) is 18.9. The second kappa shape index (κ2) is 9.89. The van der Waals surface area contributed by atoms with Gasteiger partial charge in [-0.05, 0) is 64.8 Å². The number of unbranched alkanes of at least 4 members (excludes halogenated alkanes) is 3. The maximum atomic E-state index is 3.70. The first-order chi connectivity index (χ1) is 12.4. The monoisotopic (exact) mass is 352 g/mol. The molecule has 0 radical (unpaired) electrons. The van der Waals surface area contributed by atoms with Crippen LogP contribution >= 0.6 is 0 Å². The first-order valence-corrected chi connectivity index (χ1v) is 10.0. The average molecular weight is 353 g/mol. The molecular formula is C24H36N2. The van der Waals surface area contributed by atoms with Crippen LogP contribution in [0.2, 0.25) is 0 Å². The Hall–Kier alpha value is -1.64. The van der Waals surface area contributed by atoms with Crippen LogP contribution in [0.5, 0.6) is 0 Å². The summed E-state index contributed by atoms with van der Waals surface area (Å²) in [6.45, 7) is 11.2. The molecular weight excluding hydrogens is 316 g/mol. The zero-order valence-electron chi connectivity index (χ0n) is 17.0. The minimum atomic E-state index is 0.0442. The van der Waals surface area contributed by atoms with Crippen molar-refractivity contribution in [2.75, 3.05) is 13.1 Å². The fraction of sp³-hybridized carbons (Fsp3) is 0.500. The molecule has 2 heteroatoms. The fourth-order valence-corrected chi connectivity index (χ4v) is 3.32. The molecule has 0 unspecified atom stereocenters. The lowest BCUT2D eigenvalue weighted by Crippen LogP contribution is -2.37. The molecule has 0 spiro atoms. The van der Waals surface area contributed by atoms with Crippen LogP contribution in [0.4, 0.5) is 0 Å². The lowest BCUT2D eigenvalue weighted by atomic mass is 9.94. The van der Waals surface area contributed by atoms with E-state index in [1.165, 1.54) is 36.8 Å². The van der Waals surface area contributed by atoms with Crippen LogP contribution in [0.1, 0.15) is 64.5 Å². The lowest BCUT2D eigenvalue weighted by molar-refractivity contribution is 0.383. The van der Waals surface area contributed by atoms with Gasteiger partial charge in [-0.3, -0.25) is 0 Å². The third kappa shape index (κ3) is 6.59. The van der Waals surface area contributed by atoms with Gasteiger partial charge in [0.25, 0.3) is 0 Å². The Morgan fingerprint density at radius 1 is 0.538 bits per heavy atom. The van der Waals surface area contributed by atoms with Crippen molar-refractivity contribution in [1.29, 1.82) is 0 Å². The number of rotatable bonds is 11. The van der Waals surface area contributed by atoms with Crippen molar-refractivity contribution in [2.45, 2.75) is 64.5 Å². The zero-order valence-corrected chi connectivity index (χ0v) is 17.0. The third-order valence-corrected chi connectivity index (χ3v) is 5.23. The molecule has 0 bridgehead atoms. The molecule has 2 nitrogen and oxygen atoms in total. The van der Waals surface area contributed by atoms with E-state index in [1.807, 2.05) is 0 Å². The van der Waals surface area contributed by atoms with Crippen LogP contribution in [0.3, 0.4) is 0 Å². The molecule has 0 saturated carbocycles. The molecule has 0 fully saturated rings. The molecule has 0 aliphatic heterocycles. The van der Waals surface area contributed by atoms with Crippen LogP contribution in [0.25, 0.3) is 0 Å². The molecule has 0 aliphatic carbocycles. The highest BCUT2D eigenvalue weighted by molar-refractivity contribution is 5.23. The summed E-state index contributed by atoms with van der Waals surface area (Å²) in [5.41, 5.74) is 2.80. The molecule has 2 aromatic carbocycles. The topological polar surface area (TPSA) is 24.1 Å². The van der Waals surface area contributed by atoms with E-state index in [0.717, 1.165) is 13.1 Å². The van der Waals surface area contributed by atoms with Gasteiger partial charge in [0.2, 0.25) is 0 Å². The lowest BCUT2D eigenvalue weighted by Gasteiger charge is -2.27. The molecule has 0 amide bonds. The fourth-order valence-electron chi connectivity index (χ4n) is 3.32. The van der Waals surface area contributed by atoms with Crippen molar-refractivity contribution in [1.82, 2.24) is 10.6 Å². The highest BCUT2D eigenvalue weighted by Crippen LogP contribution is 2.20. The molecule has 0 atom stereocenters. The van der Waals surface area contributed by atoms with Gasteiger partial charge in [0.1, 0.15) is 0 Å². The summed E-state index contributed by atoms with van der Waals surface area (Å²) < 4.78 is 0. The highest BCUT2D eigenvalue weighted by Gasteiger charge is 2.19. The predicted molar refractivity (Wildman–Crippen MR) is 113 cm³/mol. The summed E-state index contributed by atoms with van der Waals surface area (Å²) in [6.07, 6.45) is 5.04. The van der Waals surface area contributed by atoms with Crippen LogP contribution in [0.15, 0.2) is 60.7 Å². The molecule has 0 saturated heterocycles. The van der Waals surface area contributed by atoms with E-state index in [1.54, 1.807) is 0 Å². The first-order valence-electron chi connectivity index (χ1n) is 10.0. The second-order valence-electron chi connectivity index (χ2n) is 8.25. The number of hydrogen-bond acceptors (Lipinski definition) is 2. The first kappa shape index (κ1) is 20.7. The van der Waals surface area contributed by atoms with Crippen molar-refractivity contribution < 1.29 is 0 Å². The van der Waals surface area contributed by atoms with E-state index < -0.39 is 0 Å². The van der Waals surface area contributed by atoms with Gasteiger partial charge in [0.15, 0.2) is 0 Å². The summed E-state index contributed by atoms with van der Waals surface area (Å²) in [4.78, 5) is 0. The largest absolute Gasteiger partial charge is 0.308 e. The minimum Gasteiger partial charge on any atom is -0.308 e. The van der Waals surface area contributed by atoms with Gasteiger partial charge in [-0.2, -0.15) is 0 Å². The SMILES string of the molecule is CC(C)(NCCCCCCNC(C)(C)c1ccccc1)c1ccccc1. The Morgan fingerprint density at radius 3 is 1.23 bits per heavy atom. The van der Waals surface area contributed by atoms with E-state index in [-0.39, 0.29) is 11.1 Å². The van der Waals surface area contributed by atoms with Gasteiger partial charge in [-0.1, -0.05) is 73.5 Å². The molecule has 2 rings (SSSR count). The van der Waals surface area contributed by atoms with Crippen molar-refractivity contribution >= 4 is 0 Å². The Morgan fingerprint density at radius 2 is 0.885 bits per heavy atom. The van der Waals surface area contributed by atoms with Gasteiger partial charge in [0.05, 0.1) is 0 Å². The van der Waals surface area contributed by atoms with Crippen LogP contribution < -0.4 is 10.6 Å². The molecule has 2 aromatic rings. The molecule has 0 aliphatic rings. The summed E-state index contributed by atoms with van der Waals surface area (Å²) in [5.74, 6) is 0. The Kier molecular flexibility index (Phi) is 7.86. The van der Waals surface area contributed by atoms with Crippen molar-refractivity contribution in [3.8, 4) is 0 Å². The quantitative estimate of drug-likeness (QED) is 0.515. The highest BCUT2D eigenvalue weighted by atomic mass is 15.0. The van der Waals surface area contributed by atoms with Crippen molar-refractivity contribution in [3.63, 3.8) is 0 Å². The minimum absolute atomic E-state index is 0.0442. The van der Waals surface area contributed by atoms with E-state index in [4.69, 9.17) is 0 Å². The summed E-state index contributed by atoms with van der Waals surface area (Å²) in [6, 6.07) is 21.4. The van der Waals surface area contributed by atoms with Gasteiger partial charge in [-0.25, -0.2) is 0 Å². The van der Waals surface area contributed by atoms with Crippen molar-refractivity contribution in [2.24, 2.45) is 0 Å². The number of benzene rings is 2. The van der Waals surface area contributed by atoms with Gasteiger partial charge < -0.3 is 10.6 Å². The van der Waals surface area contributed by atoms with Crippen LogP contribution in [0, 0.1) is 0 Å². The van der Waals surface area contributed by atoms with E-state index in [9.17, 15) is 0 Å². The summed E-state index contributed by atoms with van der Waals surface area (Å²) in [5, 5.41) is 7.39. The Balaban J connectivity index is 1.57. The van der Waals surface area contributed by atoms with Crippen molar-refractivity contribution in [3.05, 3.63) is 71.8 Å². The number of hydrogen-bond donors (Lipinski definition) is 2.